The molecule has 4 heteroatoms. The summed E-state index contributed by atoms with van der Waals surface area (Å²) >= 11 is 0. The molecule has 0 amide bonds. The zero-order chi connectivity index (χ0) is 11.0. The first-order chi connectivity index (χ1) is 7.09. The Morgan fingerprint density at radius 3 is 2.93 bits per heavy atom. The number of nitrogens with two attached hydrogens (primary N) is 1. The van der Waals surface area contributed by atoms with Gasteiger partial charge >= 0.3 is 0 Å². The molecule has 0 unspecified atom stereocenters. The molecule has 0 aliphatic carbocycles. The van der Waals surface area contributed by atoms with Crippen molar-refractivity contribution in [3.8, 4) is 0 Å². The number of fused-ring (bicyclic) bond motifs is 1. The number of pyridine rings is 1. The van der Waals surface area contributed by atoms with E-state index in [1.807, 2.05) is 12.3 Å². The first-order valence-corrected chi connectivity index (χ1v) is 5.19. The SMILES string of the molecule is CC(C)N1CCc2cnc(C(=N)N)cc21. The highest BCUT2D eigenvalue weighted by Crippen LogP contribution is 2.29. The van der Waals surface area contributed by atoms with E-state index < -0.39 is 0 Å². The van der Waals surface area contributed by atoms with Gasteiger partial charge in [-0.15, -0.1) is 0 Å². The Kier molecular flexibility index (Phi) is 2.34. The molecule has 1 aromatic rings. The molecule has 4 nitrogen and oxygen atoms in total. The molecule has 0 aromatic carbocycles. The van der Waals surface area contributed by atoms with Crippen molar-refractivity contribution in [2.75, 3.05) is 11.4 Å². The molecule has 2 heterocycles. The van der Waals surface area contributed by atoms with Gasteiger partial charge in [-0.3, -0.25) is 10.4 Å². The summed E-state index contributed by atoms with van der Waals surface area (Å²) in [6.45, 7) is 5.38. The highest BCUT2D eigenvalue weighted by Gasteiger charge is 2.22. The number of hydrogen-bond acceptors (Lipinski definition) is 3. The van der Waals surface area contributed by atoms with Gasteiger partial charge in [0.15, 0.2) is 0 Å². The molecule has 1 aliphatic heterocycles. The Morgan fingerprint density at radius 1 is 1.60 bits per heavy atom. The summed E-state index contributed by atoms with van der Waals surface area (Å²) in [7, 11) is 0. The lowest BCUT2D eigenvalue weighted by Crippen LogP contribution is -2.28. The summed E-state index contributed by atoms with van der Waals surface area (Å²) in [5.74, 6) is 0.0356. The van der Waals surface area contributed by atoms with Crippen molar-refractivity contribution in [1.82, 2.24) is 4.98 Å². The van der Waals surface area contributed by atoms with Crippen LogP contribution in [0.15, 0.2) is 12.3 Å². The van der Waals surface area contributed by atoms with E-state index in [4.69, 9.17) is 11.1 Å². The van der Waals surface area contributed by atoms with Crippen molar-refractivity contribution < 1.29 is 0 Å². The minimum absolute atomic E-state index is 0.0356. The van der Waals surface area contributed by atoms with Crippen LogP contribution in [0.25, 0.3) is 0 Å². The minimum Gasteiger partial charge on any atom is -0.382 e. The normalized spacial score (nSPS) is 14.5. The largest absolute Gasteiger partial charge is 0.382 e. The van der Waals surface area contributed by atoms with Crippen LogP contribution in [-0.2, 0) is 6.42 Å². The fraction of sp³-hybridized carbons (Fsp3) is 0.455. The Balaban J connectivity index is 2.42. The first-order valence-electron chi connectivity index (χ1n) is 5.19. The Morgan fingerprint density at radius 2 is 2.33 bits per heavy atom. The molecule has 0 saturated heterocycles. The maximum atomic E-state index is 7.37. The molecule has 0 spiro atoms. The number of hydrogen-bond donors (Lipinski definition) is 2. The second kappa shape index (κ2) is 3.53. The molecule has 0 bridgehead atoms. The fourth-order valence-corrected chi connectivity index (χ4v) is 1.98. The standard InChI is InChI=1S/C11H16N4/c1-7(2)15-4-3-8-6-14-9(11(12)13)5-10(8)15/h5-7H,3-4H2,1-2H3,(H3,12,13). The molecule has 1 aromatic heterocycles. The summed E-state index contributed by atoms with van der Waals surface area (Å²) in [6.07, 6.45) is 2.88. The summed E-state index contributed by atoms with van der Waals surface area (Å²) in [5, 5.41) is 7.37. The van der Waals surface area contributed by atoms with Crippen LogP contribution in [0.4, 0.5) is 5.69 Å². The van der Waals surface area contributed by atoms with Crippen LogP contribution in [-0.4, -0.2) is 23.4 Å². The molecule has 3 N–H and O–H groups in total. The zero-order valence-corrected chi connectivity index (χ0v) is 9.12. The van der Waals surface area contributed by atoms with Gasteiger partial charge in [0.1, 0.15) is 11.5 Å². The number of rotatable bonds is 2. The van der Waals surface area contributed by atoms with Gasteiger partial charge in [0.05, 0.1) is 0 Å². The van der Waals surface area contributed by atoms with Crippen LogP contribution in [0.2, 0.25) is 0 Å². The Bertz CT molecular complexity index is 398. The van der Waals surface area contributed by atoms with Crippen molar-refractivity contribution in [3.05, 3.63) is 23.5 Å². The van der Waals surface area contributed by atoms with Gasteiger partial charge in [-0.25, -0.2) is 0 Å². The average Bonchev–Trinajstić information content (AvgIpc) is 2.59. The van der Waals surface area contributed by atoms with E-state index >= 15 is 0 Å². The van der Waals surface area contributed by atoms with Crippen LogP contribution < -0.4 is 10.6 Å². The lowest BCUT2D eigenvalue weighted by Gasteiger charge is -2.24. The predicted octanol–water partition coefficient (Wildman–Crippen LogP) is 1.14. The third kappa shape index (κ3) is 1.67. The molecule has 1 aliphatic rings. The quantitative estimate of drug-likeness (QED) is 0.560. The maximum Gasteiger partial charge on any atom is 0.141 e. The monoisotopic (exact) mass is 204 g/mol. The van der Waals surface area contributed by atoms with Gasteiger partial charge in [0.25, 0.3) is 0 Å². The number of aromatic nitrogens is 1. The van der Waals surface area contributed by atoms with Crippen LogP contribution in [0.3, 0.4) is 0 Å². The summed E-state index contributed by atoms with van der Waals surface area (Å²) in [5.41, 5.74) is 8.45. The fourth-order valence-electron chi connectivity index (χ4n) is 1.98. The van der Waals surface area contributed by atoms with Crippen LogP contribution >= 0.6 is 0 Å². The van der Waals surface area contributed by atoms with Gasteiger partial charge in [-0.05, 0) is 31.9 Å². The number of anilines is 1. The lowest BCUT2D eigenvalue weighted by atomic mass is 10.2. The number of nitrogens with zero attached hydrogens (tertiary/aromatic N) is 2. The van der Waals surface area contributed by atoms with Crippen molar-refractivity contribution in [3.63, 3.8) is 0 Å². The first kappa shape index (κ1) is 9.96. The van der Waals surface area contributed by atoms with E-state index in [9.17, 15) is 0 Å². The second-order valence-corrected chi connectivity index (χ2v) is 4.15. The van der Waals surface area contributed by atoms with E-state index in [1.54, 1.807) is 0 Å². The van der Waals surface area contributed by atoms with E-state index in [1.165, 1.54) is 11.3 Å². The summed E-state index contributed by atoms with van der Waals surface area (Å²) in [6, 6.07) is 2.40. The molecule has 0 fully saturated rings. The Hall–Kier alpha value is -1.58. The van der Waals surface area contributed by atoms with E-state index in [0.29, 0.717) is 11.7 Å². The zero-order valence-electron chi connectivity index (χ0n) is 9.12. The smallest absolute Gasteiger partial charge is 0.141 e. The molecule has 0 radical (unpaired) electrons. The molecular weight excluding hydrogens is 188 g/mol. The number of nitrogens with one attached hydrogen (secondary N) is 1. The van der Waals surface area contributed by atoms with E-state index in [0.717, 1.165) is 13.0 Å². The molecular formula is C11H16N4. The number of amidine groups is 1. The molecule has 0 atom stereocenters. The second-order valence-electron chi connectivity index (χ2n) is 4.15. The van der Waals surface area contributed by atoms with Crippen LogP contribution in [0, 0.1) is 5.41 Å². The summed E-state index contributed by atoms with van der Waals surface area (Å²) in [4.78, 5) is 6.49. The van der Waals surface area contributed by atoms with Gasteiger partial charge in [0.2, 0.25) is 0 Å². The van der Waals surface area contributed by atoms with Crippen molar-refractivity contribution in [1.29, 1.82) is 5.41 Å². The van der Waals surface area contributed by atoms with Crippen molar-refractivity contribution >= 4 is 11.5 Å². The topological polar surface area (TPSA) is 66.0 Å². The maximum absolute atomic E-state index is 7.37. The van der Waals surface area contributed by atoms with Gasteiger partial charge < -0.3 is 10.6 Å². The van der Waals surface area contributed by atoms with Crippen LogP contribution in [0.1, 0.15) is 25.1 Å². The van der Waals surface area contributed by atoms with Crippen molar-refractivity contribution in [2.24, 2.45) is 5.73 Å². The number of nitrogen functional groups attached to an aromatic ring is 1. The minimum atomic E-state index is 0.0356. The van der Waals surface area contributed by atoms with Gasteiger partial charge in [-0.1, -0.05) is 0 Å². The average molecular weight is 204 g/mol. The van der Waals surface area contributed by atoms with E-state index in [-0.39, 0.29) is 5.84 Å². The van der Waals surface area contributed by atoms with Gasteiger partial charge in [-0.2, -0.15) is 0 Å². The third-order valence-electron chi connectivity index (χ3n) is 2.79. The summed E-state index contributed by atoms with van der Waals surface area (Å²) < 4.78 is 0. The molecule has 80 valence electrons. The molecule has 0 saturated carbocycles. The highest BCUT2D eigenvalue weighted by molar-refractivity contribution is 5.94. The van der Waals surface area contributed by atoms with Crippen molar-refractivity contribution in [2.45, 2.75) is 26.3 Å². The molecule has 15 heavy (non-hydrogen) atoms. The van der Waals surface area contributed by atoms with Crippen LogP contribution in [0.5, 0.6) is 0 Å². The lowest BCUT2D eigenvalue weighted by molar-refractivity contribution is 0.710. The Labute approximate surface area is 89.6 Å². The van der Waals surface area contributed by atoms with Gasteiger partial charge in [0, 0.05) is 24.5 Å². The predicted molar refractivity (Wildman–Crippen MR) is 61.4 cm³/mol. The third-order valence-corrected chi connectivity index (χ3v) is 2.79. The highest BCUT2D eigenvalue weighted by atomic mass is 15.2. The van der Waals surface area contributed by atoms with E-state index in [2.05, 4.69) is 23.7 Å². The molecule has 2 rings (SSSR count).